The number of halogens is 1. The van der Waals surface area contributed by atoms with Gasteiger partial charge >= 0.3 is 0 Å². The van der Waals surface area contributed by atoms with Crippen LogP contribution in [0.25, 0.3) is 0 Å². The quantitative estimate of drug-likeness (QED) is 0.568. The van der Waals surface area contributed by atoms with E-state index < -0.39 is 0 Å². The lowest BCUT2D eigenvalue weighted by atomic mass is 10.2. The summed E-state index contributed by atoms with van der Waals surface area (Å²) in [5.74, 6) is 0. The smallest absolute Gasteiger partial charge is 0.0717 e. The topological polar surface area (TPSA) is 9.23 Å². The van der Waals surface area contributed by atoms with Gasteiger partial charge in [0.25, 0.3) is 0 Å². The van der Waals surface area contributed by atoms with Gasteiger partial charge < -0.3 is 4.74 Å². The largest absolute Gasteiger partial charge is 0.375 e. The standard InChI is InChI=1S/C11H13BrO/c1-2-11(12)9-13-8-10-6-4-3-5-7-10/h2-7,11H,1,8-9H2. The zero-order valence-corrected chi connectivity index (χ0v) is 9.03. The fraction of sp³-hybridized carbons (Fsp3) is 0.273. The van der Waals surface area contributed by atoms with Crippen molar-refractivity contribution in [1.82, 2.24) is 0 Å². The van der Waals surface area contributed by atoms with Gasteiger partial charge in [-0.15, -0.1) is 6.58 Å². The predicted octanol–water partition coefficient (Wildman–Crippen LogP) is 3.15. The van der Waals surface area contributed by atoms with Crippen LogP contribution in [0, 0.1) is 0 Å². The van der Waals surface area contributed by atoms with E-state index in [1.54, 1.807) is 0 Å². The molecular weight excluding hydrogens is 228 g/mol. The predicted molar refractivity (Wildman–Crippen MR) is 59.0 cm³/mol. The third-order valence-electron chi connectivity index (χ3n) is 1.64. The first-order valence-electron chi connectivity index (χ1n) is 4.21. The molecule has 13 heavy (non-hydrogen) atoms. The van der Waals surface area contributed by atoms with Crippen LogP contribution in [0.1, 0.15) is 5.56 Å². The van der Waals surface area contributed by atoms with Crippen LogP contribution < -0.4 is 0 Å². The molecule has 0 saturated heterocycles. The summed E-state index contributed by atoms with van der Waals surface area (Å²) in [5, 5.41) is 0. The molecular formula is C11H13BrO. The molecule has 0 bridgehead atoms. The van der Waals surface area contributed by atoms with Gasteiger partial charge in [0.1, 0.15) is 0 Å². The first-order chi connectivity index (χ1) is 6.33. The molecule has 70 valence electrons. The third-order valence-corrected chi connectivity index (χ3v) is 2.28. The van der Waals surface area contributed by atoms with Gasteiger partial charge in [-0.05, 0) is 5.56 Å². The van der Waals surface area contributed by atoms with Crippen molar-refractivity contribution >= 4 is 15.9 Å². The van der Waals surface area contributed by atoms with Crippen LogP contribution in [0.4, 0.5) is 0 Å². The van der Waals surface area contributed by atoms with Crippen LogP contribution in [0.15, 0.2) is 43.0 Å². The van der Waals surface area contributed by atoms with E-state index in [1.165, 1.54) is 5.56 Å². The molecule has 1 nitrogen and oxygen atoms in total. The van der Waals surface area contributed by atoms with E-state index in [9.17, 15) is 0 Å². The Morgan fingerprint density at radius 2 is 2.08 bits per heavy atom. The van der Waals surface area contributed by atoms with E-state index in [-0.39, 0.29) is 4.83 Å². The maximum absolute atomic E-state index is 5.45. The summed E-state index contributed by atoms with van der Waals surface area (Å²) in [5.41, 5.74) is 1.20. The van der Waals surface area contributed by atoms with Crippen molar-refractivity contribution in [2.75, 3.05) is 6.61 Å². The maximum Gasteiger partial charge on any atom is 0.0717 e. The Hall–Kier alpha value is -0.600. The normalized spacial score (nSPS) is 12.4. The molecule has 0 aromatic heterocycles. The van der Waals surface area contributed by atoms with Crippen LogP contribution in [-0.2, 0) is 11.3 Å². The number of hydrogen-bond acceptors (Lipinski definition) is 1. The van der Waals surface area contributed by atoms with Crippen LogP contribution in [0.2, 0.25) is 0 Å². The first-order valence-corrected chi connectivity index (χ1v) is 5.13. The van der Waals surface area contributed by atoms with E-state index in [2.05, 4.69) is 34.6 Å². The van der Waals surface area contributed by atoms with Crippen molar-refractivity contribution in [3.05, 3.63) is 48.6 Å². The Kier molecular flexibility index (Phi) is 4.79. The van der Waals surface area contributed by atoms with Gasteiger partial charge in [-0.2, -0.15) is 0 Å². The molecule has 0 aliphatic heterocycles. The maximum atomic E-state index is 5.45. The Balaban J connectivity index is 2.24. The van der Waals surface area contributed by atoms with Crippen molar-refractivity contribution in [1.29, 1.82) is 0 Å². The molecule has 0 amide bonds. The number of alkyl halides is 1. The average Bonchev–Trinajstić information content (AvgIpc) is 2.19. The Morgan fingerprint density at radius 1 is 1.38 bits per heavy atom. The number of benzene rings is 1. The van der Waals surface area contributed by atoms with Gasteiger partial charge in [-0.3, -0.25) is 0 Å². The van der Waals surface area contributed by atoms with Gasteiger partial charge in [-0.25, -0.2) is 0 Å². The lowest BCUT2D eigenvalue weighted by molar-refractivity contribution is 0.129. The second kappa shape index (κ2) is 5.95. The van der Waals surface area contributed by atoms with Crippen LogP contribution in [-0.4, -0.2) is 11.4 Å². The Bertz CT molecular complexity index is 246. The van der Waals surface area contributed by atoms with Gasteiger partial charge in [-0.1, -0.05) is 52.3 Å². The molecule has 1 aromatic carbocycles. The molecule has 0 aliphatic carbocycles. The van der Waals surface area contributed by atoms with Crippen molar-refractivity contribution < 1.29 is 4.74 Å². The van der Waals surface area contributed by atoms with E-state index in [0.717, 1.165) is 0 Å². The summed E-state index contributed by atoms with van der Waals surface area (Å²) in [6, 6.07) is 10.1. The summed E-state index contributed by atoms with van der Waals surface area (Å²) in [7, 11) is 0. The van der Waals surface area contributed by atoms with E-state index in [1.807, 2.05) is 24.3 Å². The lowest BCUT2D eigenvalue weighted by Gasteiger charge is -2.05. The minimum absolute atomic E-state index is 0.246. The van der Waals surface area contributed by atoms with Gasteiger partial charge in [0.2, 0.25) is 0 Å². The average molecular weight is 241 g/mol. The minimum atomic E-state index is 0.246. The molecule has 1 atom stereocenters. The molecule has 0 saturated carbocycles. The molecule has 1 rings (SSSR count). The third kappa shape index (κ3) is 4.25. The highest BCUT2D eigenvalue weighted by Crippen LogP contribution is 2.04. The van der Waals surface area contributed by atoms with Crippen molar-refractivity contribution in [2.24, 2.45) is 0 Å². The molecule has 0 fully saturated rings. The molecule has 0 N–H and O–H groups in total. The molecule has 0 heterocycles. The first kappa shape index (κ1) is 10.5. The van der Waals surface area contributed by atoms with Crippen molar-refractivity contribution in [3.8, 4) is 0 Å². The highest BCUT2D eigenvalue weighted by atomic mass is 79.9. The molecule has 2 heteroatoms. The fourth-order valence-corrected chi connectivity index (χ4v) is 1.12. The summed E-state index contributed by atoms with van der Waals surface area (Å²) in [6.07, 6.45) is 1.82. The summed E-state index contributed by atoms with van der Waals surface area (Å²) in [6.45, 7) is 4.99. The number of ether oxygens (including phenoxy) is 1. The highest BCUT2D eigenvalue weighted by molar-refractivity contribution is 9.09. The monoisotopic (exact) mass is 240 g/mol. The summed E-state index contributed by atoms with van der Waals surface area (Å²) < 4.78 is 5.45. The molecule has 0 aliphatic rings. The summed E-state index contributed by atoms with van der Waals surface area (Å²) in [4.78, 5) is 0.246. The van der Waals surface area contributed by atoms with E-state index in [4.69, 9.17) is 4.74 Å². The van der Waals surface area contributed by atoms with Crippen LogP contribution >= 0.6 is 15.9 Å². The Morgan fingerprint density at radius 3 is 2.69 bits per heavy atom. The van der Waals surface area contributed by atoms with Crippen molar-refractivity contribution in [3.63, 3.8) is 0 Å². The zero-order chi connectivity index (χ0) is 9.52. The second-order valence-electron chi connectivity index (χ2n) is 2.75. The van der Waals surface area contributed by atoms with Crippen LogP contribution in [0.3, 0.4) is 0 Å². The highest BCUT2D eigenvalue weighted by Gasteiger charge is 1.97. The molecule has 0 radical (unpaired) electrons. The van der Waals surface area contributed by atoms with E-state index >= 15 is 0 Å². The lowest BCUT2D eigenvalue weighted by Crippen LogP contribution is -2.04. The zero-order valence-electron chi connectivity index (χ0n) is 7.45. The molecule has 1 unspecified atom stereocenters. The van der Waals surface area contributed by atoms with Crippen LogP contribution in [0.5, 0.6) is 0 Å². The van der Waals surface area contributed by atoms with Gasteiger partial charge in [0.05, 0.1) is 18.0 Å². The minimum Gasteiger partial charge on any atom is -0.375 e. The number of hydrogen-bond donors (Lipinski definition) is 0. The Labute approximate surface area is 87.5 Å². The molecule has 0 spiro atoms. The number of rotatable bonds is 5. The summed E-state index contributed by atoms with van der Waals surface area (Å²) >= 11 is 3.41. The van der Waals surface area contributed by atoms with Gasteiger partial charge in [0.15, 0.2) is 0 Å². The SMILES string of the molecule is C=CC(Br)COCc1ccccc1. The second-order valence-corrected chi connectivity index (χ2v) is 3.93. The fourth-order valence-electron chi connectivity index (χ4n) is 0.932. The van der Waals surface area contributed by atoms with E-state index in [0.29, 0.717) is 13.2 Å². The molecule has 1 aromatic rings. The van der Waals surface area contributed by atoms with Gasteiger partial charge in [0, 0.05) is 0 Å². The van der Waals surface area contributed by atoms with Crippen molar-refractivity contribution in [2.45, 2.75) is 11.4 Å².